The quantitative estimate of drug-likeness (QED) is 0.432. The molecule has 2 N–H and O–H groups in total. The molecule has 25 heavy (non-hydrogen) atoms. The summed E-state index contributed by atoms with van der Waals surface area (Å²) in [6, 6.07) is 16.1. The maximum absolute atomic E-state index is 12.0. The molecule has 0 radical (unpaired) electrons. The number of aryl methyl sites for hydroxylation is 1. The number of fused-ring (bicyclic) bond motifs is 1. The van der Waals surface area contributed by atoms with Crippen LogP contribution < -0.4 is 0 Å². The molecule has 0 saturated heterocycles. The predicted octanol–water partition coefficient (Wildman–Crippen LogP) is 3.52. The van der Waals surface area contributed by atoms with E-state index < -0.39 is 12.6 Å². The van der Waals surface area contributed by atoms with E-state index in [-0.39, 0.29) is 17.2 Å². The number of ether oxygens (including phenoxy) is 1. The minimum absolute atomic E-state index is 0.0618. The summed E-state index contributed by atoms with van der Waals surface area (Å²) < 4.78 is 5.08. The number of aromatic nitrogens is 2. The Labute approximate surface area is 144 Å². The average Bonchev–Trinajstić information content (AvgIpc) is 3.03. The predicted molar refractivity (Wildman–Crippen MR) is 92.7 cm³/mol. The highest BCUT2D eigenvalue weighted by atomic mass is 16.5. The lowest BCUT2D eigenvalue weighted by Crippen LogP contribution is -2.09. The fraction of sp³-hybridized carbons (Fsp3) is 0.105. The highest BCUT2D eigenvalue weighted by Crippen LogP contribution is 2.19. The molecule has 1 aromatic heterocycles. The number of allylic oxidation sites excluding steroid dienone is 1. The minimum Gasteiger partial charge on any atom is -0.507 e. The van der Waals surface area contributed by atoms with Crippen LogP contribution in [0.15, 0.2) is 54.3 Å². The van der Waals surface area contributed by atoms with Gasteiger partial charge in [0.25, 0.3) is 0 Å². The zero-order valence-corrected chi connectivity index (χ0v) is 13.5. The van der Waals surface area contributed by atoms with Crippen LogP contribution in [0.25, 0.3) is 16.6 Å². The molecule has 0 unspecified atom stereocenters. The summed E-state index contributed by atoms with van der Waals surface area (Å²) in [6.07, 6.45) is 0. The maximum Gasteiger partial charge on any atom is 0.338 e. The average molecular weight is 333 g/mol. The van der Waals surface area contributed by atoms with Gasteiger partial charge in [-0.25, -0.2) is 9.78 Å². The van der Waals surface area contributed by atoms with Gasteiger partial charge in [0.1, 0.15) is 18.2 Å². The van der Waals surface area contributed by atoms with Crippen LogP contribution >= 0.6 is 0 Å². The van der Waals surface area contributed by atoms with Gasteiger partial charge in [-0.1, -0.05) is 29.8 Å². The number of para-hydroxylation sites is 2. The first-order valence-corrected chi connectivity index (χ1v) is 7.59. The molecular formula is C19H15N3O3. The number of aliphatic hydroxyl groups is 1. The molecular weight excluding hydrogens is 318 g/mol. The lowest BCUT2D eigenvalue weighted by atomic mass is 10.1. The molecule has 0 fully saturated rings. The van der Waals surface area contributed by atoms with Gasteiger partial charge in [0.05, 0.1) is 16.6 Å². The summed E-state index contributed by atoms with van der Waals surface area (Å²) in [5, 5.41) is 19.5. The maximum atomic E-state index is 12.0. The number of esters is 1. The Morgan fingerprint density at radius 1 is 1.28 bits per heavy atom. The van der Waals surface area contributed by atoms with Gasteiger partial charge in [-0.15, -0.1) is 0 Å². The lowest BCUT2D eigenvalue weighted by Gasteiger charge is -2.06. The fourth-order valence-electron chi connectivity index (χ4n) is 2.39. The second kappa shape index (κ2) is 6.89. The van der Waals surface area contributed by atoms with Gasteiger partial charge < -0.3 is 14.8 Å². The number of hydrogen-bond acceptors (Lipinski definition) is 5. The van der Waals surface area contributed by atoms with E-state index in [4.69, 9.17) is 4.74 Å². The lowest BCUT2D eigenvalue weighted by molar-refractivity contribution is 0.0502. The second-order valence-electron chi connectivity index (χ2n) is 5.48. The van der Waals surface area contributed by atoms with Crippen LogP contribution in [-0.4, -0.2) is 27.7 Å². The number of aliphatic hydroxyl groups excluding tert-OH is 1. The molecule has 0 saturated carbocycles. The third kappa shape index (κ3) is 3.51. The number of aromatic amines is 1. The number of H-pyrrole nitrogens is 1. The molecule has 0 aliphatic carbocycles. The Bertz CT molecular complexity index is 979. The van der Waals surface area contributed by atoms with Crippen LogP contribution in [0.2, 0.25) is 0 Å². The van der Waals surface area contributed by atoms with Gasteiger partial charge >= 0.3 is 5.97 Å². The summed E-state index contributed by atoms with van der Waals surface area (Å²) in [5.41, 5.74) is 2.67. The number of hydrogen-bond donors (Lipinski definition) is 2. The highest BCUT2D eigenvalue weighted by Gasteiger charge is 2.15. The Morgan fingerprint density at radius 3 is 2.80 bits per heavy atom. The number of nitrogens with one attached hydrogen (secondary N) is 1. The number of rotatable bonds is 4. The number of imidazole rings is 1. The van der Waals surface area contributed by atoms with Gasteiger partial charge in [-0.3, -0.25) is 0 Å². The van der Waals surface area contributed by atoms with Gasteiger partial charge in [-0.2, -0.15) is 5.26 Å². The zero-order chi connectivity index (χ0) is 17.8. The number of carbonyl (C=O) groups is 1. The third-order valence-electron chi connectivity index (χ3n) is 3.62. The largest absolute Gasteiger partial charge is 0.507 e. The Balaban J connectivity index is 1.80. The first kappa shape index (κ1) is 16.3. The first-order chi connectivity index (χ1) is 12.1. The van der Waals surface area contributed by atoms with E-state index in [1.54, 1.807) is 24.3 Å². The standard InChI is InChI=1S/C19H15N3O3/c1-12-5-4-6-13(9-12)19(24)25-11-17(23)14(10-20)18-21-15-7-2-3-8-16(15)22-18/h2-9,23H,11H2,1H3,(H,21,22). The number of carbonyl (C=O) groups excluding carboxylic acids is 1. The van der Waals surface area contributed by atoms with Crippen molar-refractivity contribution in [3.8, 4) is 6.07 Å². The normalized spacial score (nSPS) is 11.7. The van der Waals surface area contributed by atoms with Crippen molar-refractivity contribution in [3.63, 3.8) is 0 Å². The van der Waals surface area contributed by atoms with Crippen molar-refractivity contribution in [2.24, 2.45) is 0 Å². The van der Waals surface area contributed by atoms with Crippen molar-refractivity contribution >= 4 is 22.6 Å². The second-order valence-corrected chi connectivity index (χ2v) is 5.48. The molecule has 0 aliphatic heterocycles. The summed E-state index contributed by atoms with van der Waals surface area (Å²) in [6.45, 7) is 1.45. The molecule has 6 nitrogen and oxygen atoms in total. The van der Waals surface area contributed by atoms with Crippen molar-refractivity contribution < 1.29 is 14.6 Å². The zero-order valence-electron chi connectivity index (χ0n) is 13.5. The van der Waals surface area contributed by atoms with Crippen LogP contribution in [0.3, 0.4) is 0 Å². The van der Waals surface area contributed by atoms with E-state index in [2.05, 4.69) is 9.97 Å². The Hall–Kier alpha value is -3.59. The van der Waals surface area contributed by atoms with Crippen molar-refractivity contribution in [1.29, 1.82) is 5.26 Å². The van der Waals surface area contributed by atoms with Gasteiger partial charge in [0.2, 0.25) is 0 Å². The van der Waals surface area contributed by atoms with Crippen LogP contribution in [-0.2, 0) is 4.74 Å². The van der Waals surface area contributed by atoms with Crippen LogP contribution in [0.5, 0.6) is 0 Å². The molecule has 6 heteroatoms. The van der Waals surface area contributed by atoms with E-state index in [0.717, 1.165) is 11.1 Å². The van der Waals surface area contributed by atoms with E-state index in [9.17, 15) is 15.2 Å². The smallest absolute Gasteiger partial charge is 0.338 e. The van der Waals surface area contributed by atoms with Crippen molar-refractivity contribution in [2.45, 2.75) is 6.92 Å². The summed E-state index contributed by atoms with van der Waals surface area (Å²) >= 11 is 0. The van der Waals surface area contributed by atoms with Gasteiger partial charge in [0.15, 0.2) is 11.6 Å². The SMILES string of the molecule is Cc1cccc(C(=O)OCC(O)=C(C#N)c2nc3ccccc3[nH]2)c1. The molecule has 1 heterocycles. The van der Waals surface area contributed by atoms with Crippen LogP contribution in [0, 0.1) is 18.3 Å². The summed E-state index contributed by atoms with van der Waals surface area (Å²) in [4.78, 5) is 19.3. The minimum atomic E-state index is -0.572. The van der Waals surface area contributed by atoms with Crippen molar-refractivity contribution in [3.05, 3.63) is 71.2 Å². The molecule has 3 rings (SSSR count). The van der Waals surface area contributed by atoms with E-state index in [0.29, 0.717) is 11.1 Å². The van der Waals surface area contributed by atoms with Gasteiger partial charge in [0, 0.05) is 0 Å². The fourth-order valence-corrected chi connectivity index (χ4v) is 2.39. The topological polar surface area (TPSA) is 99.0 Å². The summed E-state index contributed by atoms with van der Waals surface area (Å²) in [7, 11) is 0. The highest BCUT2D eigenvalue weighted by molar-refractivity contribution is 5.90. The molecule has 2 aromatic carbocycles. The Kier molecular flexibility index (Phi) is 4.48. The van der Waals surface area contributed by atoms with Gasteiger partial charge in [-0.05, 0) is 31.2 Å². The molecule has 0 atom stereocenters. The number of nitriles is 1. The molecule has 0 amide bonds. The summed E-state index contributed by atoms with van der Waals surface area (Å²) in [5.74, 6) is -0.701. The van der Waals surface area contributed by atoms with E-state index in [1.807, 2.05) is 37.3 Å². The molecule has 0 bridgehead atoms. The molecule has 0 spiro atoms. The number of benzene rings is 2. The number of nitrogens with zero attached hydrogens (tertiary/aromatic N) is 2. The third-order valence-corrected chi connectivity index (χ3v) is 3.62. The molecule has 3 aromatic rings. The van der Waals surface area contributed by atoms with Crippen molar-refractivity contribution in [1.82, 2.24) is 9.97 Å². The van der Waals surface area contributed by atoms with E-state index >= 15 is 0 Å². The monoisotopic (exact) mass is 333 g/mol. The van der Waals surface area contributed by atoms with Crippen molar-refractivity contribution in [2.75, 3.05) is 6.61 Å². The van der Waals surface area contributed by atoms with Crippen LogP contribution in [0.1, 0.15) is 21.7 Å². The molecule has 0 aliphatic rings. The first-order valence-electron chi connectivity index (χ1n) is 7.59. The Morgan fingerprint density at radius 2 is 2.08 bits per heavy atom. The van der Waals surface area contributed by atoms with E-state index in [1.165, 1.54) is 0 Å². The van der Waals surface area contributed by atoms with Crippen LogP contribution in [0.4, 0.5) is 0 Å². The molecule has 124 valence electrons.